The van der Waals surface area contributed by atoms with Crippen molar-refractivity contribution >= 4 is 22.1 Å². The van der Waals surface area contributed by atoms with Gasteiger partial charge in [-0.2, -0.15) is 0 Å². The van der Waals surface area contributed by atoms with Gasteiger partial charge in [-0.15, -0.1) is 0 Å². The highest BCUT2D eigenvalue weighted by atomic mass is 15.0. The van der Waals surface area contributed by atoms with E-state index in [1.54, 1.807) is 0 Å². The number of nitrogens with one attached hydrogen (secondary N) is 2. The third-order valence-corrected chi connectivity index (χ3v) is 4.50. The average molecular weight is 324 g/mol. The van der Waals surface area contributed by atoms with E-state index in [0.717, 1.165) is 39.3 Å². The molecule has 5 aromatic rings. The van der Waals surface area contributed by atoms with Gasteiger partial charge in [0, 0.05) is 0 Å². The summed E-state index contributed by atoms with van der Waals surface area (Å²) in [5.41, 5.74) is 5.16. The number of fused-ring (bicyclic) bond motifs is 2. The number of hydrogen-bond donors (Lipinski definition) is 2. The van der Waals surface area contributed by atoms with Gasteiger partial charge in [-0.1, -0.05) is 54.6 Å². The lowest BCUT2D eigenvalue weighted by atomic mass is 9.98. The molecule has 0 fully saturated rings. The van der Waals surface area contributed by atoms with Crippen LogP contribution in [0.1, 0.15) is 23.1 Å². The minimum atomic E-state index is -0.0685. The van der Waals surface area contributed by atoms with E-state index in [-0.39, 0.29) is 5.92 Å². The number of hydrogen-bond acceptors (Lipinski definition) is 2. The van der Waals surface area contributed by atoms with Crippen LogP contribution in [0.4, 0.5) is 0 Å². The molecular formula is C21H16N4. The molecule has 2 heterocycles. The highest BCUT2D eigenvalue weighted by Gasteiger charge is 2.23. The summed E-state index contributed by atoms with van der Waals surface area (Å²) in [6.45, 7) is 0. The highest BCUT2D eigenvalue weighted by molar-refractivity contribution is 5.76. The zero-order valence-corrected chi connectivity index (χ0v) is 13.5. The van der Waals surface area contributed by atoms with Crippen LogP contribution in [0.3, 0.4) is 0 Å². The number of imidazole rings is 2. The van der Waals surface area contributed by atoms with Gasteiger partial charge in [-0.05, 0) is 29.8 Å². The normalized spacial score (nSPS) is 11.6. The van der Waals surface area contributed by atoms with E-state index in [9.17, 15) is 0 Å². The van der Waals surface area contributed by atoms with Gasteiger partial charge in [0.1, 0.15) is 17.6 Å². The van der Waals surface area contributed by atoms with Crippen molar-refractivity contribution in [3.63, 3.8) is 0 Å². The molecule has 0 aliphatic carbocycles. The Labute approximate surface area is 144 Å². The zero-order valence-electron chi connectivity index (χ0n) is 13.5. The number of rotatable bonds is 3. The maximum Gasteiger partial charge on any atom is 0.122 e. The molecule has 0 spiro atoms. The van der Waals surface area contributed by atoms with Crippen LogP contribution in [0.25, 0.3) is 22.1 Å². The summed E-state index contributed by atoms with van der Waals surface area (Å²) < 4.78 is 0. The lowest BCUT2D eigenvalue weighted by Crippen LogP contribution is -2.07. The first-order valence-corrected chi connectivity index (χ1v) is 8.33. The molecule has 2 aromatic heterocycles. The summed E-state index contributed by atoms with van der Waals surface area (Å²) >= 11 is 0. The van der Waals surface area contributed by atoms with Crippen molar-refractivity contribution < 1.29 is 0 Å². The third-order valence-electron chi connectivity index (χ3n) is 4.50. The number of para-hydroxylation sites is 4. The highest BCUT2D eigenvalue weighted by Crippen LogP contribution is 2.30. The minimum Gasteiger partial charge on any atom is -0.341 e. The second-order valence-corrected chi connectivity index (χ2v) is 6.12. The topological polar surface area (TPSA) is 57.4 Å². The van der Waals surface area contributed by atoms with Crippen LogP contribution in [-0.2, 0) is 0 Å². The van der Waals surface area contributed by atoms with Crippen LogP contribution in [0.2, 0.25) is 0 Å². The average Bonchev–Trinajstić information content (AvgIpc) is 3.26. The number of aromatic nitrogens is 4. The van der Waals surface area contributed by atoms with Crippen LogP contribution in [-0.4, -0.2) is 19.9 Å². The Balaban J connectivity index is 1.73. The van der Waals surface area contributed by atoms with Gasteiger partial charge >= 0.3 is 0 Å². The predicted molar refractivity (Wildman–Crippen MR) is 99.6 cm³/mol. The molecule has 0 aliphatic heterocycles. The van der Waals surface area contributed by atoms with E-state index < -0.39 is 0 Å². The number of H-pyrrole nitrogens is 2. The van der Waals surface area contributed by atoms with Crippen LogP contribution >= 0.6 is 0 Å². The van der Waals surface area contributed by atoms with Gasteiger partial charge in [-0.3, -0.25) is 0 Å². The predicted octanol–water partition coefficient (Wildman–Crippen LogP) is 4.62. The van der Waals surface area contributed by atoms with Crippen LogP contribution < -0.4 is 0 Å². The Morgan fingerprint density at radius 1 is 0.560 bits per heavy atom. The molecule has 4 nitrogen and oxygen atoms in total. The van der Waals surface area contributed by atoms with Crippen molar-refractivity contribution in [2.24, 2.45) is 0 Å². The number of aromatic amines is 2. The summed E-state index contributed by atoms with van der Waals surface area (Å²) in [5, 5.41) is 0. The van der Waals surface area contributed by atoms with Crippen molar-refractivity contribution in [2.75, 3.05) is 0 Å². The Morgan fingerprint density at radius 2 is 1.04 bits per heavy atom. The van der Waals surface area contributed by atoms with Crippen molar-refractivity contribution in [3.05, 3.63) is 96.1 Å². The third kappa shape index (κ3) is 2.39. The molecule has 25 heavy (non-hydrogen) atoms. The molecule has 5 rings (SSSR count). The quantitative estimate of drug-likeness (QED) is 0.509. The molecule has 120 valence electrons. The fourth-order valence-electron chi connectivity index (χ4n) is 3.31. The van der Waals surface area contributed by atoms with Gasteiger partial charge in [-0.25, -0.2) is 9.97 Å². The Morgan fingerprint density at radius 3 is 1.56 bits per heavy atom. The largest absolute Gasteiger partial charge is 0.341 e. The second-order valence-electron chi connectivity index (χ2n) is 6.12. The van der Waals surface area contributed by atoms with Crippen LogP contribution in [0.5, 0.6) is 0 Å². The van der Waals surface area contributed by atoms with Gasteiger partial charge in [0.2, 0.25) is 0 Å². The van der Waals surface area contributed by atoms with E-state index in [4.69, 9.17) is 9.97 Å². The van der Waals surface area contributed by atoms with Gasteiger partial charge in [0.25, 0.3) is 0 Å². The molecule has 0 radical (unpaired) electrons. The molecule has 0 bridgehead atoms. The van der Waals surface area contributed by atoms with Crippen LogP contribution in [0.15, 0.2) is 78.9 Å². The van der Waals surface area contributed by atoms with Crippen LogP contribution in [0, 0.1) is 0 Å². The first kappa shape index (κ1) is 14.0. The monoisotopic (exact) mass is 324 g/mol. The summed E-state index contributed by atoms with van der Waals surface area (Å²) in [4.78, 5) is 16.6. The van der Waals surface area contributed by atoms with Gasteiger partial charge in [0.15, 0.2) is 0 Å². The van der Waals surface area contributed by atoms with E-state index in [1.807, 2.05) is 66.7 Å². The van der Waals surface area contributed by atoms with Crippen molar-refractivity contribution in [3.8, 4) is 0 Å². The molecule has 4 heteroatoms. The van der Waals surface area contributed by atoms with E-state index in [1.165, 1.54) is 0 Å². The van der Waals surface area contributed by atoms with Gasteiger partial charge in [0.05, 0.1) is 22.1 Å². The molecule has 0 amide bonds. The molecule has 0 atom stereocenters. The SMILES string of the molecule is c1ccc(C(c2nc3ccccc3[nH]2)c2nc3ccccc3[nH]2)cc1. The minimum absolute atomic E-state index is 0.0685. The van der Waals surface area contributed by atoms with Crippen molar-refractivity contribution in [1.82, 2.24) is 19.9 Å². The first-order valence-electron chi connectivity index (χ1n) is 8.33. The molecule has 0 saturated heterocycles. The molecule has 0 saturated carbocycles. The summed E-state index contributed by atoms with van der Waals surface area (Å²) in [6, 6.07) is 26.5. The second kappa shape index (κ2) is 5.60. The maximum absolute atomic E-state index is 4.82. The molecule has 0 unspecified atom stereocenters. The zero-order chi connectivity index (χ0) is 16.6. The summed E-state index contributed by atoms with van der Waals surface area (Å²) in [5.74, 6) is 1.72. The smallest absolute Gasteiger partial charge is 0.122 e. The molecule has 3 aromatic carbocycles. The van der Waals surface area contributed by atoms with E-state index in [0.29, 0.717) is 0 Å². The van der Waals surface area contributed by atoms with E-state index >= 15 is 0 Å². The Kier molecular flexibility index (Phi) is 3.13. The lowest BCUT2D eigenvalue weighted by Gasteiger charge is -2.12. The lowest BCUT2D eigenvalue weighted by molar-refractivity contribution is 0.831. The number of nitrogens with zero attached hydrogens (tertiary/aromatic N) is 2. The summed E-state index contributed by atoms with van der Waals surface area (Å²) in [6.07, 6.45) is 0. The standard InChI is InChI=1S/C21H16N4/c1-2-8-14(9-3-1)19(20-22-15-10-4-5-11-16(15)23-20)21-24-17-12-6-7-13-18(17)25-21/h1-13,19H,(H,22,23)(H,24,25). The van der Waals surface area contributed by atoms with Gasteiger partial charge < -0.3 is 9.97 Å². The van der Waals surface area contributed by atoms with E-state index in [2.05, 4.69) is 22.1 Å². The Hall–Kier alpha value is -3.40. The fourth-order valence-corrected chi connectivity index (χ4v) is 3.31. The molecule has 0 aliphatic rings. The molecular weight excluding hydrogens is 308 g/mol. The fraction of sp³-hybridized carbons (Fsp3) is 0.0476. The summed E-state index contributed by atoms with van der Waals surface area (Å²) in [7, 11) is 0. The van der Waals surface area contributed by atoms with Crippen molar-refractivity contribution in [2.45, 2.75) is 5.92 Å². The van der Waals surface area contributed by atoms with Crippen molar-refractivity contribution in [1.29, 1.82) is 0 Å². The molecule has 2 N–H and O–H groups in total. The number of benzene rings is 3. The maximum atomic E-state index is 4.82. The Bertz CT molecular complexity index is 1010. The first-order chi connectivity index (χ1) is 12.4.